The highest BCUT2D eigenvalue weighted by molar-refractivity contribution is 5.93. The zero-order chi connectivity index (χ0) is 20.8. The fourth-order valence-electron chi connectivity index (χ4n) is 5.09. The quantitative estimate of drug-likeness (QED) is 0.719. The number of likely N-dealkylation sites (N-methyl/N-ethyl adjacent to an activating group) is 1. The largest absolute Gasteiger partial charge is 0.472 e. The summed E-state index contributed by atoms with van der Waals surface area (Å²) in [6.07, 6.45) is 3.94. The van der Waals surface area contributed by atoms with E-state index in [2.05, 4.69) is 50.0 Å². The van der Waals surface area contributed by atoms with Crippen LogP contribution in [0, 0.1) is 11.3 Å². The maximum atomic E-state index is 13.1. The van der Waals surface area contributed by atoms with Crippen LogP contribution in [0.5, 0.6) is 0 Å². The number of para-hydroxylation sites is 2. The molecule has 29 heavy (non-hydrogen) atoms. The van der Waals surface area contributed by atoms with E-state index in [9.17, 15) is 4.79 Å². The summed E-state index contributed by atoms with van der Waals surface area (Å²) in [5.41, 5.74) is 3.11. The van der Waals surface area contributed by atoms with Crippen molar-refractivity contribution in [1.82, 2.24) is 0 Å². The molecule has 0 spiro atoms. The van der Waals surface area contributed by atoms with Gasteiger partial charge < -0.3 is 19.7 Å². The zero-order valence-corrected chi connectivity index (χ0v) is 18.3. The molecule has 5 nitrogen and oxygen atoms in total. The minimum Gasteiger partial charge on any atom is -0.472 e. The van der Waals surface area contributed by atoms with Crippen molar-refractivity contribution in [1.29, 1.82) is 0 Å². The molecule has 1 aromatic rings. The molecular weight excluding hydrogens is 364 g/mol. The van der Waals surface area contributed by atoms with E-state index >= 15 is 0 Å². The lowest BCUT2D eigenvalue weighted by Crippen LogP contribution is -2.51. The molecule has 1 aliphatic carbocycles. The number of carbonyl (C=O) groups excluding carboxylic acids is 1. The zero-order valence-electron chi connectivity index (χ0n) is 18.3. The highest BCUT2D eigenvalue weighted by atomic mass is 16.6. The lowest BCUT2D eigenvalue weighted by Gasteiger charge is -2.40. The van der Waals surface area contributed by atoms with Gasteiger partial charge in [-0.15, -0.1) is 0 Å². The van der Waals surface area contributed by atoms with Gasteiger partial charge in [0, 0.05) is 6.54 Å². The molecule has 2 atom stereocenters. The number of fused-ring (bicyclic) bond motifs is 2. The van der Waals surface area contributed by atoms with Gasteiger partial charge in [-0.3, -0.25) is 0 Å². The van der Waals surface area contributed by atoms with Gasteiger partial charge in [0.1, 0.15) is 23.5 Å². The molecule has 0 unspecified atom stereocenters. The molecule has 2 heterocycles. The average molecular weight is 399 g/mol. The van der Waals surface area contributed by atoms with Crippen LogP contribution in [0.3, 0.4) is 0 Å². The molecule has 0 amide bonds. The van der Waals surface area contributed by atoms with Crippen LogP contribution in [0.15, 0.2) is 35.6 Å². The summed E-state index contributed by atoms with van der Waals surface area (Å²) in [7, 11) is 0. The first-order chi connectivity index (χ1) is 13.8. The third-order valence-electron chi connectivity index (χ3n) is 6.84. The molecule has 0 radical (unpaired) electrons. The number of allylic oxidation sites excluding steroid dienone is 1. The highest BCUT2D eigenvalue weighted by Gasteiger charge is 2.46. The van der Waals surface area contributed by atoms with Gasteiger partial charge in [0.2, 0.25) is 0 Å². The van der Waals surface area contributed by atoms with Crippen molar-refractivity contribution in [2.45, 2.75) is 78.7 Å². The summed E-state index contributed by atoms with van der Waals surface area (Å²) in [6.45, 7) is 11.7. The molecule has 2 aliphatic heterocycles. The second-order valence-corrected chi connectivity index (χ2v) is 9.65. The fourth-order valence-corrected chi connectivity index (χ4v) is 5.09. The van der Waals surface area contributed by atoms with Gasteiger partial charge in [-0.2, -0.15) is 0 Å². The predicted octanol–water partition coefficient (Wildman–Crippen LogP) is 5.09. The second kappa shape index (κ2) is 7.58. The SMILES string of the molecule is CCN1c2ccccc2N[C@H]2C(C(=O)OC3CCC(C(C)(C)C)CC3)=C(C)O[C@H]21. The van der Waals surface area contributed by atoms with Crippen molar-refractivity contribution in [3.63, 3.8) is 0 Å². The molecule has 0 saturated heterocycles. The standard InChI is InChI=1S/C24H34N2O3/c1-6-26-19-10-8-7-9-18(19)25-21-20(15(2)28-22(21)26)23(27)29-17-13-11-16(12-14-17)24(3,4)5/h7-10,16-17,21-22,25H,6,11-14H2,1-5H3/t16?,17?,21-,22+/m0/s1. The fraction of sp³-hybridized carbons (Fsp3) is 0.625. The van der Waals surface area contributed by atoms with Gasteiger partial charge in [0.05, 0.1) is 11.4 Å². The second-order valence-electron chi connectivity index (χ2n) is 9.65. The molecule has 3 aliphatic rings. The molecule has 1 fully saturated rings. The Morgan fingerprint density at radius 3 is 2.55 bits per heavy atom. The number of carbonyl (C=O) groups is 1. The van der Waals surface area contributed by atoms with Crippen molar-refractivity contribution < 1.29 is 14.3 Å². The predicted molar refractivity (Wildman–Crippen MR) is 116 cm³/mol. The lowest BCUT2D eigenvalue weighted by molar-refractivity contribution is -0.146. The molecule has 158 valence electrons. The van der Waals surface area contributed by atoms with E-state index in [0.29, 0.717) is 22.7 Å². The van der Waals surface area contributed by atoms with Gasteiger partial charge in [0.15, 0.2) is 6.23 Å². The van der Waals surface area contributed by atoms with Crippen LogP contribution in [-0.4, -0.2) is 30.9 Å². The first-order valence-corrected chi connectivity index (χ1v) is 11.0. The molecular formula is C24H34N2O3. The average Bonchev–Trinajstić information content (AvgIpc) is 3.01. The van der Waals surface area contributed by atoms with Crippen molar-refractivity contribution in [3.8, 4) is 0 Å². The Bertz CT molecular complexity index is 803. The number of esters is 1. The lowest BCUT2D eigenvalue weighted by atomic mass is 9.72. The Kier molecular flexibility index (Phi) is 5.26. The van der Waals surface area contributed by atoms with Gasteiger partial charge in [-0.05, 0) is 63.0 Å². The van der Waals surface area contributed by atoms with E-state index in [-0.39, 0.29) is 24.3 Å². The maximum Gasteiger partial charge on any atom is 0.340 e. The monoisotopic (exact) mass is 398 g/mol. The maximum absolute atomic E-state index is 13.1. The first kappa shape index (κ1) is 20.1. The molecule has 0 bridgehead atoms. The van der Waals surface area contributed by atoms with E-state index in [1.165, 1.54) is 0 Å². The molecule has 1 N–H and O–H groups in total. The summed E-state index contributed by atoms with van der Waals surface area (Å²) < 4.78 is 12.1. The smallest absolute Gasteiger partial charge is 0.340 e. The highest BCUT2D eigenvalue weighted by Crippen LogP contribution is 2.42. The third kappa shape index (κ3) is 3.72. The number of ether oxygens (including phenoxy) is 2. The number of nitrogens with one attached hydrogen (secondary N) is 1. The van der Waals surface area contributed by atoms with Crippen molar-refractivity contribution in [2.75, 3.05) is 16.8 Å². The van der Waals surface area contributed by atoms with Gasteiger partial charge in [-0.1, -0.05) is 32.9 Å². The molecule has 0 aromatic heterocycles. The van der Waals surface area contributed by atoms with E-state index in [1.54, 1.807) is 0 Å². The van der Waals surface area contributed by atoms with E-state index < -0.39 is 0 Å². The van der Waals surface area contributed by atoms with Crippen LogP contribution < -0.4 is 10.2 Å². The Morgan fingerprint density at radius 2 is 1.90 bits per heavy atom. The van der Waals surface area contributed by atoms with Gasteiger partial charge >= 0.3 is 5.97 Å². The number of anilines is 2. The minimum atomic E-state index is -0.225. The van der Waals surface area contributed by atoms with Crippen molar-refractivity contribution in [2.24, 2.45) is 11.3 Å². The number of hydrogen-bond donors (Lipinski definition) is 1. The Hall–Kier alpha value is -2.17. The third-order valence-corrected chi connectivity index (χ3v) is 6.84. The normalized spacial score (nSPS) is 28.9. The van der Waals surface area contributed by atoms with Crippen LogP contribution in [0.1, 0.15) is 60.3 Å². The van der Waals surface area contributed by atoms with Gasteiger partial charge in [-0.25, -0.2) is 4.79 Å². The molecule has 1 saturated carbocycles. The molecule has 5 heteroatoms. The molecule has 1 aromatic carbocycles. The molecule has 4 rings (SSSR count). The van der Waals surface area contributed by atoms with Crippen LogP contribution >= 0.6 is 0 Å². The summed E-state index contributed by atoms with van der Waals surface area (Å²) in [4.78, 5) is 15.4. The number of rotatable bonds is 3. The first-order valence-electron chi connectivity index (χ1n) is 11.0. The Morgan fingerprint density at radius 1 is 1.21 bits per heavy atom. The van der Waals surface area contributed by atoms with Crippen LogP contribution in [0.25, 0.3) is 0 Å². The number of hydrogen-bond acceptors (Lipinski definition) is 5. The summed E-state index contributed by atoms with van der Waals surface area (Å²) >= 11 is 0. The minimum absolute atomic E-state index is 0.0126. The Labute approximate surface area is 174 Å². The van der Waals surface area contributed by atoms with E-state index in [1.807, 2.05) is 19.1 Å². The topological polar surface area (TPSA) is 50.8 Å². The Balaban J connectivity index is 1.47. The number of benzene rings is 1. The van der Waals surface area contributed by atoms with Crippen LogP contribution in [-0.2, 0) is 14.3 Å². The summed E-state index contributed by atoms with van der Waals surface area (Å²) in [5.74, 6) is 1.15. The van der Waals surface area contributed by atoms with Crippen molar-refractivity contribution in [3.05, 3.63) is 35.6 Å². The van der Waals surface area contributed by atoms with E-state index in [0.717, 1.165) is 43.6 Å². The van der Waals surface area contributed by atoms with Crippen molar-refractivity contribution >= 4 is 17.3 Å². The van der Waals surface area contributed by atoms with E-state index in [4.69, 9.17) is 9.47 Å². The number of nitrogens with zero attached hydrogens (tertiary/aromatic N) is 1. The van der Waals surface area contributed by atoms with Crippen LogP contribution in [0.2, 0.25) is 0 Å². The summed E-state index contributed by atoms with van der Waals surface area (Å²) in [5, 5.41) is 3.52. The van der Waals surface area contributed by atoms with Crippen LogP contribution in [0.4, 0.5) is 11.4 Å². The summed E-state index contributed by atoms with van der Waals surface area (Å²) in [6, 6.07) is 7.98. The van der Waals surface area contributed by atoms with Gasteiger partial charge in [0.25, 0.3) is 0 Å².